The fourth-order valence-electron chi connectivity index (χ4n) is 20.1. The second-order valence-electron chi connectivity index (χ2n) is 37.2. The molecule has 12 bridgehead atoms. The van der Waals surface area contributed by atoms with E-state index in [9.17, 15) is 108 Å². The summed E-state index contributed by atoms with van der Waals surface area (Å²) in [5.41, 5.74) is 26.0. The minimum atomic E-state index is -4.81. The van der Waals surface area contributed by atoms with Crippen molar-refractivity contribution in [1.29, 1.82) is 0 Å². The lowest BCUT2D eigenvalue weighted by atomic mass is 9.97. The third-order valence-electron chi connectivity index (χ3n) is 27.4. The predicted molar refractivity (Wildman–Crippen MR) is 465 cm³/mol. The van der Waals surface area contributed by atoms with Crippen LogP contribution in [0.5, 0.6) is 0 Å². The zero-order valence-corrected chi connectivity index (χ0v) is 81.5. The molecule has 68 heteroatoms. The number of nitrogens with zero attached hydrogens (tertiary/aromatic N) is 12. The summed E-state index contributed by atoms with van der Waals surface area (Å²) in [5, 5.41) is 3.64. The zero-order chi connectivity index (χ0) is 103. The van der Waals surface area contributed by atoms with Crippen LogP contribution in [-0.2, 0) is 146 Å². The molecule has 0 spiro atoms. The number of amides is 18. The van der Waals surface area contributed by atoms with Crippen LogP contribution < -0.4 is 44.3 Å². The Bertz CT molecular complexity index is 5190. The minimum absolute atomic E-state index is 0.00364. The number of rotatable bonds is 30. The third kappa shape index (κ3) is 29.6. The van der Waals surface area contributed by atoms with Crippen LogP contribution in [0.3, 0.4) is 0 Å². The number of nitrogens with two attached hydrogens (primary N) is 2. The van der Waals surface area contributed by atoms with E-state index in [1.54, 1.807) is 0 Å². The molecule has 0 aromatic heterocycles. The molecule has 0 aromatic carbocycles. The van der Waals surface area contributed by atoms with E-state index in [1.807, 2.05) is 0 Å². The SMILES string of the molecule is NC1CCC(ONC(=O)[C@@H]2CC[C@@H]3CN2C(=O)N3OS(=O)(=O)O)C1.NC1CCCC1ONC(=O)[C@@H]1CC[C@@H]2CN1C(=O)N2OS(=O)(=O)O.O=C(NOC1CCC1)[C@@H]1CC[C@@H]2CN1C(=O)N2OS(=O)(=O)O.O=C(NOC1CCCC1)[C@@H]1CC[C@@H]2CN1C(=O)N2OS(=O)(=O)O.O=C(NOC1CCCCC1)[C@@H]1CC[C@@H]2CN1C(=O)N2OS(=O)(=O)O.O=C(NOC1CCCCCC1)[C@@H]1CC[C@@H]2CN1C(=O)N2OS(=O)(=O)O. The van der Waals surface area contributed by atoms with Crippen LogP contribution in [-0.4, -0.2) is 370 Å². The highest BCUT2D eigenvalue weighted by Crippen LogP contribution is 2.39. The molecule has 6 saturated carbocycles. The lowest BCUT2D eigenvalue weighted by Crippen LogP contribution is -2.51. The van der Waals surface area contributed by atoms with Crippen molar-refractivity contribution in [2.45, 2.75) is 352 Å². The Hall–Kier alpha value is -8.66. The van der Waals surface area contributed by atoms with E-state index >= 15 is 0 Å². The summed E-state index contributed by atoms with van der Waals surface area (Å²) in [4.78, 5) is 186. The van der Waals surface area contributed by atoms with Gasteiger partial charge in [-0.15, -0.1) is 25.7 Å². The van der Waals surface area contributed by atoms with Gasteiger partial charge in [0.15, 0.2) is 0 Å². The first-order valence-electron chi connectivity index (χ1n) is 46.8. The number of hydrogen-bond acceptors (Lipinski definition) is 38. The van der Waals surface area contributed by atoms with Gasteiger partial charge in [0.05, 0.1) is 66.8 Å². The number of piperidine rings is 6. The Morgan fingerprint density at radius 2 is 0.437 bits per heavy atom. The van der Waals surface area contributed by atoms with Crippen LogP contribution in [0.2, 0.25) is 0 Å². The van der Waals surface area contributed by atoms with Gasteiger partial charge in [0, 0.05) is 51.4 Å². The molecule has 18 amide bonds. The van der Waals surface area contributed by atoms with Crippen molar-refractivity contribution in [3.05, 3.63) is 0 Å². The quantitative estimate of drug-likeness (QED) is 0.0222. The van der Waals surface area contributed by atoms with Crippen LogP contribution in [0.4, 0.5) is 28.8 Å². The first kappa shape index (κ1) is 111. The number of carbonyl (C=O) groups is 12. The van der Waals surface area contributed by atoms with E-state index in [0.29, 0.717) is 114 Å². The number of fused-ring (bicyclic) bond motifs is 12. The lowest BCUT2D eigenvalue weighted by Gasteiger charge is -2.30. The topological polar surface area (TPSA) is 805 Å². The molecule has 12 heterocycles. The van der Waals surface area contributed by atoms with Gasteiger partial charge < -0.3 is 40.9 Å². The highest BCUT2D eigenvalue weighted by atomic mass is 32.3. The Morgan fingerprint density at radius 1 is 0.239 bits per heavy atom. The van der Waals surface area contributed by atoms with Gasteiger partial charge in [-0.2, -0.15) is 80.9 Å². The standard InChI is InChI=1S/C14H23N3O7S.C13H21N3O7S.2C12H20N4O7S.C12H19N3O7S.C11H17N3O7S/c18-13(15-23-11-5-3-1-2-4-6-11)12-8-7-10-9-16(12)14(19)17(10)24-25(20,21)22;17-12(14-22-10-4-2-1-3-5-10)11-7-6-9-8-15(11)13(18)16(9)23-24(19,20)21;13-7-1-3-9(5-7)22-14-11(17)10-4-2-8-6-15(10)12(18)16(8)23-24(19,20)21;13-8-2-1-3-10(8)22-14-11(17)9-5-4-7-6-15(9)12(18)16(7)23-24(19,20)21;16-11(13-21-9-3-1-2-4-9)10-6-5-8-7-14(10)12(17)15(8)22-23(18,19)20;15-10(12-20-8-2-1-3-8)9-5-4-7-6-13(9)11(16)14(7)21-22(17,18)19/h10-12H,1-9H2,(H,15,18)(H,20,21,22);9-11H,1-8H2,(H,14,17)(H,19,20,21);2*7-10H,1-6,13H2,(H,14,17)(H,19,20,21);8-10H,1-7H2,(H,13,16)(H,18,19,20);7-9H,1-6H2,(H,12,15)(H,17,18,19)/t10-,12+;9-,11+;7?,8-,9?,10+;7-,8?,9+,10?;8-,10+;7-,9+/m111111/s1. The Morgan fingerprint density at radius 3 is 0.627 bits per heavy atom. The maximum absolute atomic E-state index is 12.4. The fraction of sp³-hybridized carbons (Fsp3) is 0.838. The summed E-state index contributed by atoms with van der Waals surface area (Å²) in [7, 11) is -28.8. The molecule has 6 aliphatic carbocycles. The Labute approximate surface area is 815 Å². The number of hydrogen-bond donors (Lipinski definition) is 14. The zero-order valence-electron chi connectivity index (χ0n) is 76.6. The number of carbonyl (C=O) groups excluding carboxylic acids is 12. The molecule has 142 heavy (non-hydrogen) atoms. The first-order chi connectivity index (χ1) is 66.9. The minimum Gasteiger partial charge on any atom is -0.328 e. The van der Waals surface area contributed by atoms with Gasteiger partial charge in [0.1, 0.15) is 42.4 Å². The van der Waals surface area contributed by atoms with E-state index < -0.39 is 207 Å². The molecule has 804 valence electrons. The average Bonchev–Trinajstić information content (AvgIpc) is 1.65. The van der Waals surface area contributed by atoms with Crippen LogP contribution >= 0.6 is 0 Å². The van der Waals surface area contributed by atoms with Crippen molar-refractivity contribution in [3.63, 3.8) is 0 Å². The van der Waals surface area contributed by atoms with Gasteiger partial charge in [-0.1, -0.05) is 57.8 Å². The maximum atomic E-state index is 12.4. The average molecular weight is 2150 g/mol. The highest BCUT2D eigenvalue weighted by molar-refractivity contribution is 7.82. The number of nitrogens with one attached hydrogen (secondary N) is 6. The summed E-state index contributed by atoms with van der Waals surface area (Å²) >= 11 is 0. The Balaban J connectivity index is 0.000000143. The number of urea groups is 6. The molecule has 0 aromatic rings. The monoisotopic (exact) mass is 2150 g/mol. The van der Waals surface area contributed by atoms with Crippen molar-refractivity contribution in [3.8, 4) is 0 Å². The molecule has 62 nitrogen and oxygen atoms in total. The molecule has 4 unspecified atom stereocenters. The summed E-state index contributed by atoms with van der Waals surface area (Å²) in [6.07, 6.45) is 26.9. The molecule has 18 rings (SSSR count). The van der Waals surface area contributed by atoms with Gasteiger partial charge in [-0.25, -0.2) is 61.6 Å². The van der Waals surface area contributed by atoms with Gasteiger partial charge in [-0.05, 0) is 173 Å². The lowest BCUT2D eigenvalue weighted by molar-refractivity contribution is -0.148. The molecule has 18 fully saturated rings. The van der Waals surface area contributed by atoms with Gasteiger partial charge in [0.25, 0.3) is 35.4 Å². The van der Waals surface area contributed by atoms with Crippen molar-refractivity contribution >= 4 is 134 Å². The molecule has 16 atom stereocenters. The Kier molecular flexibility index (Phi) is 36.9. The smallest absolute Gasteiger partial charge is 0.328 e. The second-order valence-corrected chi connectivity index (χ2v) is 43.3. The van der Waals surface area contributed by atoms with E-state index in [0.717, 1.165) is 128 Å². The summed E-state index contributed by atoms with van der Waals surface area (Å²) in [6, 6.07) is -12.3. The summed E-state index contributed by atoms with van der Waals surface area (Å²) in [6.45, 7) is 0.924. The van der Waals surface area contributed by atoms with E-state index in [-0.39, 0.29) is 88.0 Å². The van der Waals surface area contributed by atoms with Crippen LogP contribution in [0.1, 0.15) is 231 Å². The summed E-state index contributed by atoms with van der Waals surface area (Å²) < 4.78 is 208. The van der Waals surface area contributed by atoms with Crippen molar-refractivity contribution in [2.24, 2.45) is 11.5 Å². The molecule has 12 saturated heterocycles. The highest BCUT2D eigenvalue weighted by Gasteiger charge is 2.57. The second kappa shape index (κ2) is 47.5. The molecule has 0 radical (unpaired) electrons. The largest absolute Gasteiger partial charge is 0.418 e. The molecule has 18 aliphatic rings. The molecule has 12 aliphatic heterocycles. The normalized spacial score (nSPS) is 30.0. The van der Waals surface area contributed by atoms with Gasteiger partial charge >= 0.3 is 98.6 Å². The van der Waals surface area contributed by atoms with Crippen molar-refractivity contribution in [2.75, 3.05) is 39.3 Å². The summed E-state index contributed by atoms with van der Waals surface area (Å²) in [5.74, 6) is -2.69. The van der Waals surface area contributed by atoms with E-state index in [1.165, 1.54) is 48.7 Å². The molecular weight excluding hydrogens is 2030 g/mol. The van der Waals surface area contributed by atoms with E-state index in [2.05, 4.69) is 58.6 Å². The third-order valence-corrected chi connectivity index (χ3v) is 29.5. The predicted octanol–water partition coefficient (Wildman–Crippen LogP) is -1.47. The molecular formula is C74H120N20O42S6. The molecule has 16 N–H and O–H groups in total. The number of hydroxylamine groups is 18. The van der Waals surface area contributed by atoms with Gasteiger partial charge in [0.2, 0.25) is 0 Å². The van der Waals surface area contributed by atoms with Gasteiger partial charge in [-0.3, -0.25) is 85.1 Å². The van der Waals surface area contributed by atoms with Crippen molar-refractivity contribution < 1.29 is 190 Å². The van der Waals surface area contributed by atoms with Crippen molar-refractivity contribution in [1.82, 2.24) is 92.7 Å². The first-order valence-corrected chi connectivity index (χ1v) is 54.9. The van der Waals surface area contributed by atoms with Crippen LogP contribution in [0.25, 0.3) is 0 Å². The fourth-order valence-corrected chi connectivity index (χ4v) is 22.4. The van der Waals surface area contributed by atoms with E-state index in [4.69, 9.17) is 67.8 Å². The van der Waals surface area contributed by atoms with Crippen LogP contribution in [0, 0.1) is 0 Å². The van der Waals surface area contributed by atoms with Crippen LogP contribution in [0.15, 0.2) is 0 Å². The maximum Gasteiger partial charge on any atom is 0.418 e.